The highest BCUT2D eigenvalue weighted by Gasteiger charge is 2.41. The predicted molar refractivity (Wildman–Crippen MR) is 83.8 cm³/mol. The van der Waals surface area contributed by atoms with Crippen molar-refractivity contribution in [3.05, 3.63) is 23.8 Å². The standard InChI is InChI=1S/C16H23NO3S/c1-12-2-3-14(17)15(10-12)21(18)13-4-7-20-16(11-13)5-8-19-9-6-16/h2-3,10,13H,4-9,11,17H2,1H3. The molecule has 2 atom stereocenters. The van der Waals surface area contributed by atoms with Crippen molar-refractivity contribution in [3.63, 3.8) is 0 Å². The largest absolute Gasteiger partial charge is 0.398 e. The molecule has 0 aromatic heterocycles. The fourth-order valence-corrected chi connectivity index (χ4v) is 4.98. The lowest BCUT2D eigenvalue weighted by Gasteiger charge is -2.43. The van der Waals surface area contributed by atoms with Gasteiger partial charge in [-0.25, -0.2) is 0 Å². The van der Waals surface area contributed by atoms with Gasteiger partial charge in [-0.15, -0.1) is 0 Å². The van der Waals surface area contributed by atoms with Crippen molar-refractivity contribution in [2.45, 2.75) is 48.4 Å². The quantitative estimate of drug-likeness (QED) is 0.852. The van der Waals surface area contributed by atoms with Gasteiger partial charge in [0, 0.05) is 30.8 Å². The van der Waals surface area contributed by atoms with E-state index in [0.717, 1.165) is 49.4 Å². The number of rotatable bonds is 2. The van der Waals surface area contributed by atoms with Crippen molar-refractivity contribution in [2.24, 2.45) is 0 Å². The molecule has 5 heteroatoms. The summed E-state index contributed by atoms with van der Waals surface area (Å²) < 4.78 is 24.4. The first-order valence-electron chi connectivity index (χ1n) is 7.58. The third kappa shape index (κ3) is 3.15. The minimum Gasteiger partial charge on any atom is -0.398 e. The van der Waals surface area contributed by atoms with Crippen molar-refractivity contribution >= 4 is 16.5 Å². The van der Waals surface area contributed by atoms with Crippen LogP contribution in [-0.2, 0) is 20.3 Å². The molecule has 0 aliphatic carbocycles. The first-order chi connectivity index (χ1) is 10.1. The highest BCUT2D eigenvalue weighted by atomic mass is 32.2. The Bertz CT molecular complexity index is 535. The van der Waals surface area contributed by atoms with Gasteiger partial charge in [-0.05, 0) is 50.3 Å². The summed E-state index contributed by atoms with van der Waals surface area (Å²) in [5.41, 5.74) is 7.62. The highest BCUT2D eigenvalue weighted by Crippen LogP contribution is 2.37. The Balaban J connectivity index is 1.79. The van der Waals surface area contributed by atoms with Gasteiger partial charge in [0.05, 0.1) is 21.3 Å². The van der Waals surface area contributed by atoms with E-state index in [4.69, 9.17) is 15.2 Å². The lowest BCUT2D eigenvalue weighted by atomic mass is 9.86. The average Bonchev–Trinajstić information content (AvgIpc) is 2.50. The molecule has 2 heterocycles. The maximum absolute atomic E-state index is 12.9. The Kier molecular flexibility index (Phi) is 4.33. The van der Waals surface area contributed by atoms with Crippen LogP contribution in [0, 0.1) is 6.92 Å². The third-order valence-corrected chi connectivity index (χ3v) is 6.34. The second-order valence-corrected chi connectivity index (χ2v) is 7.80. The van der Waals surface area contributed by atoms with Gasteiger partial charge in [-0.2, -0.15) is 0 Å². The number of nitrogens with two attached hydrogens (primary N) is 1. The van der Waals surface area contributed by atoms with E-state index in [1.54, 1.807) is 0 Å². The number of ether oxygens (including phenoxy) is 2. The van der Waals surface area contributed by atoms with E-state index < -0.39 is 10.8 Å². The predicted octanol–water partition coefficient (Wildman–Crippen LogP) is 2.41. The smallest absolute Gasteiger partial charge is 0.0738 e. The summed E-state index contributed by atoms with van der Waals surface area (Å²) in [4.78, 5) is 0.782. The maximum Gasteiger partial charge on any atom is 0.0738 e. The first kappa shape index (κ1) is 15.0. The molecule has 0 radical (unpaired) electrons. The molecule has 2 aliphatic heterocycles. The monoisotopic (exact) mass is 309 g/mol. The van der Waals surface area contributed by atoms with Gasteiger partial charge >= 0.3 is 0 Å². The third-order valence-electron chi connectivity index (χ3n) is 4.54. The Hall–Kier alpha value is -0.910. The van der Waals surface area contributed by atoms with Crippen LogP contribution in [0.5, 0.6) is 0 Å². The van der Waals surface area contributed by atoms with E-state index in [0.29, 0.717) is 12.3 Å². The zero-order valence-corrected chi connectivity index (χ0v) is 13.3. The molecule has 2 saturated heterocycles. The van der Waals surface area contributed by atoms with Gasteiger partial charge in [-0.1, -0.05) is 6.07 Å². The number of benzene rings is 1. The van der Waals surface area contributed by atoms with Crippen LogP contribution in [-0.4, -0.2) is 34.9 Å². The Morgan fingerprint density at radius 2 is 2.05 bits per heavy atom. The minimum atomic E-state index is -1.07. The summed E-state index contributed by atoms with van der Waals surface area (Å²) in [5.74, 6) is 0. The zero-order valence-electron chi connectivity index (χ0n) is 12.5. The van der Waals surface area contributed by atoms with E-state index in [1.807, 2.05) is 25.1 Å². The molecule has 2 N–H and O–H groups in total. The van der Waals surface area contributed by atoms with Crippen LogP contribution in [0.4, 0.5) is 5.69 Å². The molecule has 2 unspecified atom stereocenters. The fourth-order valence-electron chi connectivity index (χ4n) is 3.25. The first-order valence-corrected chi connectivity index (χ1v) is 8.79. The van der Waals surface area contributed by atoms with Gasteiger partial charge < -0.3 is 15.2 Å². The lowest BCUT2D eigenvalue weighted by molar-refractivity contribution is -0.131. The van der Waals surface area contributed by atoms with Gasteiger partial charge in [0.15, 0.2) is 0 Å². The molecule has 1 spiro atoms. The summed E-state index contributed by atoms with van der Waals surface area (Å²) in [5, 5.41) is 0.126. The molecule has 4 nitrogen and oxygen atoms in total. The van der Waals surface area contributed by atoms with E-state index in [9.17, 15) is 4.21 Å². The van der Waals surface area contributed by atoms with E-state index in [2.05, 4.69) is 0 Å². The van der Waals surface area contributed by atoms with Crippen molar-refractivity contribution in [1.82, 2.24) is 0 Å². The summed E-state index contributed by atoms with van der Waals surface area (Å²) in [7, 11) is -1.07. The van der Waals surface area contributed by atoms with Crippen LogP contribution in [0.1, 0.15) is 31.2 Å². The lowest BCUT2D eigenvalue weighted by Crippen LogP contribution is -2.47. The SMILES string of the molecule is Cc1ccc(N)c(S(=O)C2CCOC3(CCOCC3)C2)c1. The van der Waals surface area contributed by atoms with Crippen LogP contribution in [0.15, 0.2) is 23.1 Å². The average molecular weight is 309 g/mol. The molecule has 2 aliphatic rings. The molecule has 0 bridgehead atoms. The number of aryl methyl sites for hydroxylation is 1. The van der Waals surface area contributed by atoms with Crippen LogP contribution in [0.25, 0.3) is 0 Å². The Morgan fingerprint density at radius 1 is 1.29 bits per heavy atom. The molecule has 2 fully saturated rings. The van der Waals surface area contributed by atoms with Gasteiger partial charge in [0.1, 0.15) is 0 Å². The van der Waals surface area contributed by atoms with Gasteiger partial charge in [-0.3, -0.25) is 4.21 Å². The maximum atomic E-state index is 12.9. The summed E-state index contributed by atoms with van der Waals surface area (Å²) in [6.07, 6.45) is 3.49. The molecular formula is C16H23NO3S. The van der Waals surface area contributed by atoms with Crippen molar-refractivity contribution in [1.29, 1.82) is 0 Å². The molecule has 0 saturated carbocycles. The van der Waals surface area contributed by atoms with Crippen molar-refractivity contribution < 1.29 is 13.7 Å². The van der Waals surface area contributed by atoms with Gasteiger partial charge in [0.25, 0.3) is 0 Å². The van der Waals surface area contributed by atoms with Crippen molar-refractivity contribution in [2.75, 3.05) is 25.6 Å². The second-order valence-electron chi connectivity index (χ2n) is 6.10. The highest BCUT2D eigenvalue weighted by molar-refractivity contribution is 7.85. The summed E-state index contributed by atoms with van der Waals surface area (Å²) in [6, 6.07) is 5.77. The Morgan fingerprint density at radius 3 is 2.81 bits per heavy atom. The molecule has 116 valence electrons. The number of hydrogen-bond acceptors (Lipinski definition) is 4. The number of anilines is 1. The topological polar surface area (TPSA) is 61.6 Å². The van der Waals surface area contributed by atoms with E-state index in [1.165, 1.54) is 0 Å². The summed E-state index contributed by atoms with van der Waals surface area (Å²) in [6.45, 7) is 4.17. The second kappa shape index (κ2) is 6.07. The zero-order chi connectivity index (χ0) is 14.9. The van der Waals surface area contributed by atoms with Crippen LogP contribution in [0.2, 0.25) is 0 Å². The normalized spacial score (nSPS) is 26.6. The Labute approximate surface area is 128 Å². The molecule has 0 amide bonds. The van der Waals surface area contributed by atoms with E-state index in [-0.39, 0.29) is 10.9 Å². The van der Waals surface area contributed by atoms with E-state index >= 15 is 0 Å². The molecule has 3 rings (SSSR count). The van der Waals surface area contributed by atoms with Crippen LogP contribution < -0.4 is 5.73 Å². The number of nitrogen functional groups attached to an aromatic ring is 1. The molecular weight excluding hydrogens is 286 g/mol. The summed E-state index contributed by atoms with van der Waals surface area (Å²) >= 11 is 0. The fraction of sp³-hybridized carbons (Fsp3) is 0.625. The van der Waals surface area contributed by atoms with Gasteiger partial charge in [0.2, 0.25) is 0 Å². The van der Waals surface area contributed by atoms with Crippen LogP contribution in [0.3, 0.4) is 0 Å². The van der Waals surface area contributed by atoms with Crippen molar-refractivity contribution in [3.8, 4) is 0 Å². The number of hydrogen-bond donors (Lipinski definition) is 1. The van der Waals surface area contributed by atoms with Crippen LogP contribution >= 0.6 is 0 Å². The molecule has 21 heavy (non-hydrogen) atoms. The molecule has 1 aromatic carbocycles. The molecule has 1 aromatic rings. The minimum absolute atomic E-state index is 0.126.